The highest BCUT2D eigenvalue weighted by molar-refractivity contribution is 7.11. The number of para-hydroxylation sites is 1. The Kier molecular flexibility index (Phi) is 5.30. The predicted octanol–water partition coefficient (Wildman–Crippen LogP) is 2.84. The Morgan fingerprint density at radius 1 is 1.48 bits per heavy atom. The van der Waals surface area contributed by atoms with Crippen LogP contribution in [0.2, 0.25) is 0 Å². The molecule has 1 heterocycles. The minimum absolute atomic E-state index is 0.335. The lowest BCUT2D eigenvalue weighted by Crippen LogP contribution is -2.29. The molecular formula is C15H19N3O2S. The second-order valence-corrected chi connectivity index (χ2v) is 5.61. The number of nitrogens with two attached hydrogens (primary N) is 1. The third-order valence-electron chi connectivity index (χ3n) is 3.31. The molecule has 0 saturated carbocycles. The summed E-state index contributed by atoms with van der Waals surface area (Å²) in [6.45, 7) is 4.66. The Balaban J connectivity index is 2.06. The fraction of sp³-hybridized carbons (Fsp3) is 0.333. The van der Waals surface area contributed by atoms with Gasteiger partial charge in [0.25, 0.3) is 5.91 Å². The first-order chi connectivity index (χ1) is 10.2. The maximum Gasteiger partial charge on any atom is 0.294 e. The van der Waals surface area contributed by atoms with Crippen molar-refractivity contribution >= 4 is 17.2 Å². The first kappa shape index (κ1) is 15.5. The van der Waals surface area contributed by atoms with E-state index in [1.54, 1.807) is 5.38 Å². The summed E-state index contributed by atoms with van der Waals surface area (Å²) in [6.07, 6.45) is 1.05. The lowest BCUT2D eigenvalue weighted by atomic mass is 9.98. The standard InChI is InChI=1S/C15H19N3O2S/c1-3-10(2)12-6-4-5-7-13(12)20-8-11-9-21-15(17-11)14(19)18-16/h4-7,9-10H,3,8,16H2,1-2H3,(H,18,19). The van der Waals surface area contributed by atoms with Crippen molar-refractivity contribution in [1.29, 1.82) is 0 Å². The topological polar surface area (TPSA) is 77.2 Å². The fourth-order valence-corrected chi connectivity index (χ4v) is 2.63. The second kappa shape index (κ2) is 7.19. The van der Waals surface area contributed by atoms with Gasteiger partial charge >= 0.3 is 0 Å². The number of hydrazine groups is 1. The van der Waals surface area contributed by atoms with Crippen molar-refractivity contribution in [2.75, 3.05) is 0 Å². The molecule has 1 amide bonds. The van der Waals surface area contributed by atoms with Gasteiger partial charge in [0.2, 0.25) is 0 Å². The average Bonchev–Trinajstić information content (AvgIpc) is 3.00. The summed E-state index contributed by atoms with van der Waals surface area (Å²) in [5.41, 5.74) is 3.98. The molecule has 0 aliphatic heterocycles. The van der Waals surface area contributed by atoms with Crippen LogP contribution < -0.4 is 16.0 Å². The van der Waals surface area contributed by atoms with Crippen LogP contribution in [0.25, 0.3) is 0 Å². The minimum atomic E-state index is -0.383. The average molecular weight is 305 g/mol. The molecule has 0 radical (unpaired) electrons. The van der Waals surface area contributed by atoms with Crippen LogP contribution in [0.3, 0.4) is 0 Å². The van der Waals surface area contributed by atoms with Crippen LogP contribution in [0.1, 0.15) is 47.2 Å². The summed E-state index contributed by atoms with van der Waals surface area (Å²) in [4.78, 5) is 15.5. The molecule has 0 aliphatic carbocycles. The van der Waals surface area contributed by atoms with Crippen molar-refractivity contribution in [3.63, 3.8) is 0 Å². The number of aromatic nitrogens is 1. The van der Waals surface area contributed by atoms with Crippen LogP contribution in [-0.2, 0) is 6.61 Å². The summed E-state index contributed by atoms with van der Waals surface area (Å²) >= 11 is 1.25. The van der Waals surface area contributed by atoms with Gasteiger partial charge in [0.1, 0.15) is 12.4 Å². The number of hydrogen-bond donors (Lipinski definition) is 2. The van der Waals surface area contributed by atoms with E-state index in [1.165, 1.54) is 16.9 Å². The molecule has 3 N–H and O–H groups in total. The molecule has 0 fully saturated rings. The first-order valence-corrected chi connectivity index (χ1v) is 7.70. The van der Waals surface area contributed by atoms with Gasteiger partial charge in [0.15, 0.2) is 5.01 Å². The van der Waals surface area contributed by atoms with E-state index in [1.807, 2.05) is 18.2 Å². The van der Waals surface area contributed by atoms with Gasteiger partial charge in [-0.2, -0.15) is 0 Å². The van der Waals surface area contributed by atoms with E-state index in [2.05, 4.69) is 30.3 Å². The molecule has 2 rings (SSSR count). The molecule has 21 heavy (non-hydrogen) atoms. The van der Waals surface area contributed by atoms with Gasteiger partial charge in [-0.15, -0.1) is 11.3 Å². The molecule has 6 heteroatoms. The van der Waals surface area contributed by atoms with Crippen molar-refractivity contribution < 1.29 is 9.53 Å². The minimum Gasteiger partial charge on any atom is -0.487 e. The lowest BCUT2D eigenvalue weighted by Gasteiger charge is -2.15. The van der Waals surface area contributed by atoms with Crippen LogP contribution in [0.5, 0.6) is 5.75 Å². The van der Waals surface area contributed by atoms with E-state index in [9.17, 15) is 4.79 Å². The molecule has 2 aromatic rings. The summed E-state index contributed by atoms with van der Waals surface area (Å²) in [5.74, 6) is 6.01. The SMILES string of the molecule is CCC(C)c1ccccc1OCc1csc(C(=O)NN)n1. The third-order valence-corrected chi connectivity index (χ3v) is 4.20. The number of hydrogen-bond acceptors (Lipinski definition) is 5. The van der Waals surface area contributed by atoms with Gasteiger partial charge in [0.05, 0.1) is 5.69 Å². The van der Waals surface area contributed by atoms with Gasteiger partial charge < -0.3 is 4.74 Å². The number of nitrogens with one attached hydrogen (secondary N) is 1. The Hall–Kier alpha value is -1.92. The van der Waals surface area contributed by atoms with E-state index in [0.717, 1.165) is 17.9 Å². The molecule has 0 bridgehead atoms. The zero-order chi connectivity index (χ0) is 15.2. The molecule has 1 unspecified atom stereocenters. The molecule has 0 saturated heterocycles. The number of rotatable bonds is 6. The van der Waals surface area contributed by atoms with Gasteiger partial charge in [-0.1, -0.05) is 32.0 Å². The van der Waals surface area contributed by atoms with Crippen molar-refractivity contribution in [2.24, 2.45) is 5.84 Å². The van der Waals surface area contributed by atoms with Crippen molar-refractivity contribution in [2.45, 2.75) is 32.8 Å². The molecular weight excluding hydrogens is 286 g/mol. The van der Waals surface area contributed by atoms with E-state index >= 15 is 0 Å². The maximum atomic E-state index is 11.4. The Bertz CT molecular complexity index is 612. The highest BCUT2D eigenvalue weighted by atomic mass is 32.1. The molecule has 1 aromatic heterocycles. The normalized spacial score (nSPS) is 12.0. The second-order valence-electron chi connectivity index (χ2n) is 4.75. The molecule has 5 nitrogen and oxygen atoms in total. The van der Waals surface area contributed by atoms with Gasteiger partial charge in [-0.3, -0.25) is 10.2 Å². The molecule has 112 valence electrons. The van der Waals surface area contributed by atoms with Gasteiger partial charge in [-0.05, 0) is 24.0 Å². The monoisotopic (exact) mass is 305 g/mol. The number of amides is 1. The number of carbonyl (C=O) groups is 1. The van der Waals surface area contributed by atoms with Gasteiger partial charge in [-0.25, -0.2) is 10.8 Å². The third kappa shape index (κ3) is 3.80. The van der Waals surface area contributed by atoms with Gasteiger partial charge in [0, 0.05) is 5.38 Å². The Morgan fingerprint density at radius 2 is 2.24 bits per heavy atom. The molecule has 1 aromatic carbocycles. The largest absolute Gasteiger partial charge is 0.487 e. The first-order valence-electron chi connectivity index (χ1n) is 6.82. The van der Waals surface area contributed by atoms with Crippen molar-refractivity contribution in [3.8, 4) is 5.75 Å². The van der Waals surface area contributed by atoms with E-state index < -0.39 is 0 Å². The van der Waals surface area contributed by atoms with E-state index in [0.29, 0.717) is 17.5 Å². The van der Waals surface area contributed by atoms with Crippen molar-refractivity contribution in [1.82, 2.24) is 10.4 Å². The highest BCUT2D eigenvalue weighted by Crippen LogP contribution is 2.29. The number of ether oxygens (including phenoxy) is 1. The van der Waals surface area contributed by atoms with Crippen LogP contribution in [-0.4, -0.2) is 10.9 Å². The quantitative estimate of drug-likeness (QED) is 0.489. The fourth-order valence-electron chi connectivity index (χ4n) is 1.93. The summed E-state index contributed by atoms with van der Waals surface area (Å²) in [6, 6.07) is 8.01. The highest BCUT2D eigenvalue weighted by Gasteiger charge is 2.12. The number of nitrogen functional groups attached to an aromatic ring is 1. The van der Waals surface area contributed by atoms with Crippen LogP contribution in [0, 0.1) is 0 Å². The van der Waals surface area contributed by atoms with E-state index in [4.69, 9.17) is 10.6 Å². The van der Waals surface area contributed by atoms with Crippen molar-refractivity contribution in [3.05, 3.63) is 45.9 Å². The Labute approximate surface area is 128 Å². The summed E-state index contributed by atoms with van der Waals surface area (Å²) < 4.78 is 5.85. The molecule has 0 aliphatic rings. The summed E-state index contributed by atoms with van der Waals surface area (Å²) in [7, 11) is 0. The van der Waals surface area contributed by atoms with Crippen LogP contribution in [0.4, 0.5) is 0 Å². The number of thiazole rings is 1. The number of nitrogens with zero attached hydrogens (tertiary/aromatic N) is 1. The van der Waals surface area contributed by atoms with Crippen LogP contribution in [0.15, 0.2) is 29.6 Å². The summed E-state index contributed by atoms with van der Waals surface area (Å²) in [5, 5.41) is 2.14. The molecule has 0 spiro atoms. The number of carbonyl (C=O) groups excluding carboxylic acids is 1. The zero-order valence-corrected chi connectivity index (χ0v) is 12.9. The zero-order valence-electron chi connectivity index (χ0n) is 12.1. The van der Waals surface area contributed by atoms with Crippen LogP contribution >= 0.6 is 11.3 Å². The lowest BCUT2D eigenvalue weighted by molar-refractivity contribution is 0.0953. The molecule has 1 atom stereocenters. The number of benzene rings is 1. The maximum absolute atomic E-state index is 11.4. The smallest absolute Gasteiger partial charge is 0.294 e. The van der Waals surface area contributed by atoms with E-state index in [-0.39, 0.29) is 5.91 Å². The Morgan fingerprint density at radius 3 is 2.95 bits per heavy atom. The predicted molar refractivity (Wildman–Crippen MR) is 83.2 cm³/mol.